The van der Waals surface area contributed by atoms with Crippen LogP contribution >= 0.6 is 11.6 Å². The van der Waals surface area contributed by atoms with Gasteiger partial charge in [0.05, 0.1) is 5.02 Å². The van der Waals surface area contributed by atoms with Crippen molar-refractivity contribution < 1.29 is 4.39 Å². The standard InChI is InChI=1S/C12H16ClF/c1-12(2,3)8-7-9-5-4-6-10(13)11(9)14/h4-6H,7-8H2,1-3H3. The van der Waals surface area contributed by atoms with E-state index in [1.54, 1.807) is 18.2 Å². The number of hydrogen-bond donors (Lipinski definition) is 0. The third-order valence-corrected chi connectivity index (χ3v) is 2.47. The molecule has 0 aliphatic carbocycles. The maximum atomic E-state index is 13.4. The Morgan fingerprint density at radius 3 is 2.50 bits per heavy atom. The van der Waals surface area contributed by atoms with Crippen molar-refractivity contribution in [3.8, 4) is 0 Å². The van der Waals surface area contributed by atoms with Gasteiger partial charge in [-0.15, -0.1) is 0 Å². The van der Waals surface area contributed by atoms with Gasteiger partial charge in [-0.25, -0.2) is 4.39 Å². The summed E-state index contributed by atoms with van der Waals surface area (Å²) in [5.41, 5.74) is 0.946. The maximum Gasteiger partial charge on any atom is 0.144 e. The Morgan fingerprint density at radius 1 is 1.29 bits per heavy atom. The van der Waals surface area contributed by atoms with Crippen molar-refractivity contribution in [1.29, 1.82) is 0 Å². The van der Waals surface area contributed by atoms with E-state index in [2.05, 4.69) is 20.8 Å². The zero-order valence-electron chi connectivity index (χ0n) is 8.90. The van der Waals surface area contributed by atoms with Crippen LogP contribution in [0.3, 0.4) is 0 Å². The molecule has 0 amide bonds. The molecule has 1 rings (SSSR count). The minimum atomic E-state index is -0.265. The van der Waals surface area contributed by atoms with Gasteiger partial charge in [0.25, 0.3) is 0 Å². The fraction of sp³-hybridized carbons (Fsp3) is 0.500. The lowest BCUT2D eigenvalue weighted by atomic mass is 9.88. The highest BCUT2D eigenvalue weighted by atomic mass is 35.5. The lowest BCUT2D eigenvalue weighted by Gasteiger charge is -2.18. The highest BCUT2D eigenvalue weighted by Gasteiger charge is 2.12. The van der Waals surface area contributed by atoms with Crippen LogP contribution in [0.5, 0.6) is 0 Å². The number of hydrogen-bond acceptors (Lipinski definition) is 0. The first-order valence-corrected chi connectivity index (χ1v) is 5.21. The second kappa shape index (κ2) is 4.31. The van der Waals surface area contributed by atoms with Crippen LogP contribution in [0, 0.1) is 11.2 Å². The van der Waals surface area contributed by atoms with Gasteiger partial charge in [-0.1, -0.05) is 44.5 Å². The molecule has 0 aromatic heterocycles. The number of halogens is 2. The van der Waals surface area contributed by atoms with Crippen molar-refractivity contribution in [1.82, 2.24) is 0 Å². The Morgan fingerprint density at radius 2 is 1.93 bits per heavy atom. The average Bonchev–Trinajstić information content (AvgIpc) is 2.06. The number of benzene rings is 1. The highest BCUT2D eigenvalue weighted by molar-refractivity contribution is 6.30. The summed E-state index contributed by atoms with van der Waals surface area (Å²) in [6.07, 6.45) is 1.71. The lowest BCUT2D eigenvalue weighted by Crippen LogP contribution is -2.07. The maximum absolute atomic E-state index is 13.4. The summed E-state index contributed by atoms with van der Waals surface area (Å²) in [5, 5.41) is 0.219. The molecular weight excluding hydrogens is 199 g/mol. The predicted molar refractivity (Wildman–Crippen MR) is 59.2 cm³/mol. The summed E-state index contributed by atoms with van der Waals surface area (Å²) in [7, 11) is 0. The summed E-state index contributed by atoms with van der Waals surface area (Å²) >= 11 is 5.69. The van der Waals surface area contributed by atoms with E-state index < -0.39 is 0 Å². The van der Waals surface area contributed by atoms with Crippen LogP contribution in [-0.4, -0.2) is 0 Å². The van der Waals surface area contributed by atoms with Crippen molar-refractivity contribution in [2.75, 3.05) is 0 Å². The van der Waals surface area contributed by atoms with Gasteiger partial charge in [0.2, 0.25) is 0 Å². The van der Waals surface area contributed by atoms with Gasteiger partial charge in [0.1, 0.15) is 5.82 Å². The molecule has 0 saturated carbocycles. The lowest BCUT2D eigenvalue weighted by molar-refractivity contribution is 0.375. The van der Waals surface area contributed by atoms with Gasteiger partial charge in [-0.05, 0) is 29.9 Å². The first-order chi connectivity index (χ1) is 6.40. The number of aryl methyl sites for hydroxylation is 1. The van der Waals surface area contributed by atoms with Gasteiger partial charge < -0.3 is 0 Å². The zero-order valence-corrected chi connectivity index (χ0v) is 9.66. The number of rotatable bonds is 2. The molecule has 0 nitrogen and oxygen atoms in total. The molecule has 0 heterocycles. The summed E-state index contributed by atoms with van der Waals surface area (Å²) in [4.78, 5) is 0. The van der Waals surface area contributed by atoms with E-state index in [-0.39, 0.29) is 16.3 Å². The molecule has 0 aliphatic rings. The Kier molecular flexibility index (Phi) is 3.54. The van der Waals surface area contributed by atoms with Crippen LogP contribution in [0.4, 0.5) is 4.39 Å². The van der Waals surface area contributed by atoms with Gasteiger partial charge in [-0.2, -0.15) is 0 Å². The molecule has 0 unspecified atom stereocenters. The molecule has 0 aliphatic heterocycles. The van der Waals surface area contributed by atoms with Gasteiger partial charge in [-0.3, -0.25) is 0 Å². The summed E-state index contributed by atoms with van der Waals surface area (Å²) in [6.45, 7) is 6.44. The fourth-order valence-electron chi connectivity index (χ4n) is 1.25. The first kappa shape index (κ1) is 11.5. The van der Waals surface area contributed by atoms with Crippen molar-refractivity contribution in [2.24, 2.45) is 5.41 Å². The second-order valence-electron chi connectivity index (χ2n) is 4.77. The topological polar surface area (TPSA) is 0 Å². The molecule has 2 heteroatoms. The van der Waals surface area contributed by atoms with E-state index >= 15 is 0 Å². The largest absolute Gasteiger partial charge is 0.205 e. The normalized spacial score (nSPS) is 11.8. The second-order valence-corrected chi connectivity index (χ2v) is 5.18. The van der Waals surface area contributed by atoms with Crippen molar-refractivity contribution >= 4 is 11.6 Å². The zero-order chi connectivity index (χ0) is 10.8. The van der Waals surface area contributed by atoms with Gasteiger partial charge in [0, 0.05) is 0 Å². The van der Waals surface area contributed by atoms with Crippen molar-refractivity contribution in [3.05, 3.63) is 34.6 Å². The van der Waals surface area contributed by atoms with E-state index in [9.17, 15) is 4.39 Å². The smallest absolute Gasteiger partial charge is 0.144 e. The molecule has 1 aromatic carbocycles. The van der Waals surface area contributed by atoms with Crippen LogP contribution in [-0.2, 0) is 6.42 Å². The Hall–Kier alpha value is -0.560. The van der Waals surface area contributed by atoms with Crippen LogP contribution in [0.25, 0.3) is 0 Å². The molecule has 0 spiro atoms. The van der Waals surface area contributed by atoms with E-state index in [1.807, 2.05) is 0 Å². The molecular formula is C12H16ClF. The van der Waals surface area contributed by atoms with Crippen LogP contribution in [0.1, 0.15) is 32.8 Å². The molecule has 14 heavy (non-hydrogen) atoms. The monoisotopic (exact) mass is 214 g/mol. The fourth-order valence-corrected chi connectivity index (χ4v) is 1.45. The summed E-state index contributed by atoms with van der Waals surface area (Å²) < 4.78 is 13.4. The third-order valence-electron chi connectivity index (χ3n) is 2.18. The van der Waals surface area contributed by atoms with Gasteiger partial charge >= 0.3 is 0 Å². The van der Waals surface area contributed by atoms with Crippen LogP contribution < -0.4 is 0 Å². The summed E-state index contributed by atoms with van der Waals surface area (Å²) in [5.74, 6) is -0.265. The van der Waals surface area contributed by atoms with E-state index in [1.165, 1.54) is 0 Å². The molecule has 0 saturated heterocycles. The van der Waals surface area contributed by atoms with E-state index in [4.69, 9.17) is 11.6 Å². The first-order valence-electron chi connectivity index (χ1n) is 4.83. The molecule has 78 valence electrons. The van der Waals surface area contributed by atoms with Gasteiger partial charge in [0.15, 0.2) is 0 Å². The molecule has 0 atom stereocenters. The molecule has 0 radical (unpaired) electrons. The molecule has 0 N–H and O–H groups in total. The highest BCUT2D eigenvalue weighted by Crippen LogP contribution is 2.24. The Bertz CT molecular complexity index is 313. The SMILES string of the molecule is CC(C)(C)CCc1cccc(Cl)c1F. The minimum absolute atomic E-state index is 0.219. The Labute approximate surface area is 90.1 Å². The van der Waals surface area contributed by atoms with Crippen LogP contribution in [0.15, 0.2) is 18.2 Å². The minimum Gasteiger partial charge on any atom is -0.205 e. The average molecular weight is 215 g/mol. The van der Waals surface area contributed by atoms with Crippen molar-refractivity contribution in [3.63, 3.8) is 0 Å². The third kappa shape index (κ3) is 3.30. The molecule has 0 fully saturated rings. The predicted octanol–water partition coefficient (Wildman–Crippen LogP) is 4.46. The quantitative estimate of drug-likeness (QED) is 0.682. The van der Waals surface area contributed by atoms with Crippen molar-refractivity contribution in [2.45, 2.75) is 33.6 Å². The summed E-state index contributed by atoms with van der Waals surface area (Å²) in [6, 6.07) is 5.17. The van der Waals surface area contributed by atoms with E-state index in [0.29, 0.717) is 5.56 Å². The molecule has 0 bridgehead atoms. The van der Waals surface area contributed by atoms with E-state index in [0.717, 1.165) is 12.8 Å². The Balaban J connectivity index is 2.73. The molecule has 1 aromatic rings. The van der Waals surface area contributed by atoms with Crippen LogP contribution in [0.2, 0.25) is 5.02 Å².